The summed E-state index contributed by atoms with van der Waals surface area (Å²) in [5.41, 5.74) is -0.0177. The largest absolute Gasteiger partial charge is 0.394 e. The summed E-state index contributed by atoms with van der Waals surface area (Å²) < 4.78 is 5.65. The van der Waals surface area contributed by atoms with E-state index in [1.54, 1.807) is 0 Å². The van der Waals surface area contributed by atoms with Crippen LogP contribution in [0.1, 0.15) is 58.3 Å². The lowest BCUT2D eigenvalue weighted by atomic mass is 9.75. The molecule has 2 N–H and O–H groups in total. The van der Waals surface area contributed by atoms with E-state index in [-0.39, 0.29) is 12.1 Å². The van der Waals surface area contributed by atoms with Crippen LogP contribution >= 0.6 is 0 Å². The summed E-state index contributed by atoms with van der Waals surface area (Å²) >= 11 is 0. The molecule has 1 heterocycles. The molecule has 3 heteroatoms. The van der Waals surface area contributed by atoms with Crippen LogP contribution in [0.25, 0.3) is 0 Å². The third-order valence-corrected chi connectivity index (χ3v) is 4.79. The van der Waals surface area contributed by atoms with E-state index in [1.165, 1.54) is 38.5 Å². The SMILES string of the molecule is CCCC1CCC(CO)(NCC2CCCO2)CC1. The maximum absolute atomic E-state index is 9.73. The van der Waals surface area contributed by atoms with E-state index in [4.69, 9.17) is 4.74 Å². The fourth-order valence-corrected chi connectivity index (χ4v) is 3.45. The highest BCUT2D eigenvalue weighted by Crippen LogP contribution is 2.34. The molecule has 106 valence electrons. The third-order valence-electron chi connectivity index (χ3n) is 4.79. The Kier molecular flexibility index (Phi) is 5.46. The van der Waals surface area contributed by atoms with Gasteiger partial charge in [0.05, 0.1) is 12.7 Å². The smallest absolute Gasteiger partial charge is 0.0700 e. The van der Waals surface area contributed by atoms with E-state index in [9.17, 15) is 5.11 Å². The topological polar surface area (TPSA) is 41.5 Å². The molecule has 2 fully saturated rings. The molecular formula is C15H29NO2. The van der Waals surface area contributed by atoms with E-state index >= 15 is 0 Å². The molecule has 1 saturated heterocycles. The Hall–Kier alpha value is -0.120. The first-order valence-corrected chi connectivity index (χ1v) is 7.75. The van der Waals surface area contributed by atoms with E-state index in [0.717, 1.165) is 31.9 Å². The molecule has 18 heavy (non-hydrogen) atoms. The van der Waals surface area contributed by atoms with Crippen LogP contribution in [0, 0.1) is 5.92 Å². The number of nitrogens with one attached hydrogen (secondary N) is 1. The minimum Gasteiger partial charge on any atom is -0.394 e. The van der Waals surface area contributed by atoms with Crippen molar-refractivity contribution in [1.29, 1.82) is 0 Å². The van der Waals surface area contributed by atoms with E-state index in [1.807, 2.05) is 0 Å². The summed E-state index contributed by atoms with van der Waals surface area (Å²) in [5.74, 6) is 0.888. The summed E-state index contributed by atoms with van der Waals surface area (Å²) in [6.07, 6.45) is 10.2. The molecule has 0 spiro atoms. The van der Waals surface area contributed by atoms with Gasteiger partial charge in [-0.1, -0.05) is 19.8 Å². The van der Waals surface area contributed by atoms with Gasteiger partial charge in [-0.05, 0) is 44.4 Å². The van der Waals surface area contributed by atoms with Crippen molar-refractivity contribution in [1.82, 2.24) is 5.32 Å². The van der Waals surface area contributed by atoms with Gasteiger partial charge in [0, 0.05) is 18.7 Å². The normalized spacial score (nSPS) is 37.0. The summed E-state index contributed by atoms with van der Waals surface area (Å²) in [7, 11) is 0. The van der Waals surface area contributed by atoms with Crippen LogP contribution in [-0.4, -0.2) is 36.5 Å². The molecule has 3 nitrogen and oxygen atoms in total. The van der Waals surface area contributed by atoms with Crippen LogP contribution in [0.4, 0.5) is 0 Å². The molecule has 2 rings (SSSR count). The van der Waals surface area contributed by atoms with Gasteiger partial charge < -0.3 is 15.2 Å². The number of rotatable bonds is 6. The predicted octanol–water partition coefficient (Wildman–Crippen LogP) is 2.48. The maximum Gasteiger partial charge on any atom is 0.0700 e. The van der Waals surface area contributed by atoms with Crippen molar-refractivity contribution in [3.63, 3.8) is 0 Å². The minimum atomic E-state index is -0.0177. The van der Waals surface area contributed by atoms with Gasteiger partial charge in [0.15, 0.2) is 0 Å². The van der Waals surface area contributed by atoms with Gasteiger partial charge in [-0.15, -0.1) is 0 Å². The van der Waals surface area contributed by atoms with Crippen molar-refractivity contribution in [2.24, 2.45) is 5.92 Å². The molecule has 1 atom stereocenters. The number of hydrogen-bond acceptors (Lipinski definition) is 3. The van der Waals surface area contributed by atoms with E-state index in [2.05, 4.69) is 12.2 Å². The Morgan fingerprint density at radius 2 is 2.06 bits per heavy atom. The van der Waals surface area contributed by atoms with Crippen LogP contribution in [0.3, 0.4) is 0 Å². The zero-order valence-electron chi connectivity index (χ0n) is 11.8. The molecule has 1 aliphatic heterocycles. The molecular weight excluding hydrogens is 226 g/mol. The average Bonchev–Trinajstić information content (AvgIpc) is 2.92. The molecule has 0 aromatic rings. The predicted molar refractivity (Wildman–Crippen MR) is 73.7 cm³/mol. The van der Waals surface area contributed by atoms with Crippen LogP contribution in [-0.2, 0) is 4.74 Å². The molecule has 0 aromatic carbocycles. The van der Waals surface area contributed by atoms with Gasteiger partial charge in [-0.3, -0.25) is 0 Å². The first-order valence-electron chi connectivity index (χ1n) is 7.75. The highest BCUT2D eigenvalue weighted by Gasteiger charge is 2.34. The number of aliphatic hydroxyl groups is 1. The fraction of sp³-hybridized carbons (Fsp3) is 1.00. The molecule has 0 amide bonds. The second-order valence-corrected chi connectivity index (χ2v) is 6.19. The number of aliphatic hydroxyl groups excluding tert-OH is 1. The van der Waals surface area contributed by atoms with Crippen molar-refractivity contribution >= 4 is 0 Å². The van der Waals surface area contributed by atoms with Crippen molar-refractivity contribution in [2.45, 2.75) is 69.9 Å². The van der Waals surface area contributed by atoms with Gasteiger partial charge in [-0.2, -0.15) is 0 Å². The number of ether oxygens (including phenoxy) is 1. The van der Waals surface area contributed by atoms with Gasteiger partial charge in [-0.25, -0.2) is 0 Å². The number of hydrogen-bond donors (Lipinski definition) is 2. The highest BCUT2D eigenvalue weighted by molar-refractivity contribution is 4.93. The van der Waals surface area contributed by atoms with Gasteiger partial charge >= 0.3 is 0 Å². The van der Waals surface area contributed by atoms with Crippen molar-refractivity contribution in [3.8, 4) is 0 Å². The first-order chi connectivity index (χ1) is 8.78. The Morgan fingerprint density at radius 1 is 1.28 bits per heavy atom. The molecule has 0 radical (unpaired) electrons. The Bertz CT molecular complexity index is 231. The fourth-order valence-electron chi connectivity index (χ4n) is 3.45. The monoisotopic (exact) mass is 255 g/mol. The van der Waals surface area contributed by atoms with Crippen molar-refractivity contribution in [2.75, 3.05) is 19.8 Å². The standard InChI is InChI=1S/C15H29NO2/c1-2-4-13-6-8-15(12-17,9-7-13)16-11-14-5-3-10-18-14/h13-14,16-17H,2-12H2,1H3. The van der Waals surface area contributed by atoms with Crippen LogP contribution in [0.5, 0.6) is 0 Å². The molecule has 1 aliphatic carbocycles. The second-order valence-electron chi connectivity index (χ2n) is 6.19. The summed E-state index contributed by atoms with van der Waals surface area (Å²) in [6, 6.07) is 0. The Morgan fingerprint density at radius 3 is 2.61 bits per heavy atom. The molecule has 1 unspecified atom stereocenters. The molecule has 0 bridgehead atoms. The average molecular weight is 255 g/mol. The van der Waals surface area contributed by atoms with Gasteiger partial charge in [0.25, 0.3) is 0 Å². The quantitative estimate of drug-likeness (QED) is 0.766. The van der Waals surface area contributed by atoms with E-state index < -0.39 is 0 Å². The van der Waals surface area contributed by atoms with E-state index in [0.29, 0.717) is 6.10 Å². The highest BCUT2D eigenvalue weighted by atomic mass is 16.5. The van der Waals surface area contributed by atoms with Crippen LogP contribution in [0.15, 0.2) is 0 Å². The zero-order chi connectivity index (χ0) is 12.8. The third kappa shape index (κ3) is 3.69. The molecule has 1 saturated carbocycles. The summed E-state index contributed by atoms with van der Waals surface area (Å²) in [4.78, 5) is 0. The van der Waals surface area contributed by atoms with Crippen molar-refractivity contribution in [3.05, 3.63) is 0 Å². The second kappa shape index (κ2) is 6.88. The molecule has 0 aromatic heterocycles. The maximum atomic E-state index is 9.73. The minimum absolute atomic E-state index is 0.0177. The van der Waals surface area contributed by atoms with Crippen LogP contribution < -0.4 is 5.32 Å². The Labute approximate surface area is 111 Å². The van der Waals surface area contributed by atoms with Gasteiger partial charge in [0.2, 0.25) is 0 Å². The molecule has 2 aliphatic rings. The lowest BCUT2D eigenvalue weighted by molar-refractivity contribution is 0.0655. The van der Waals surface area contributed by atoms with Crippen molar-refractivity contribution < 1.29 is 9.84 Å². The Balaban J connectivity index is 1.76. The summed E-state index contributed by atoms with van der Waals surface area (Å²) in [5, 5.41) is 13.3. The van der Waals surface area contributed by atoms with Crippen LogP contribution in [0.2, 0.25) is 0 Å². The zero-order valence-corrected chi connectivity index (χ0v) is 11.8. The lowest BCUT2D eigenvalue weighted by Crippen LogP contribution is -2.53. The first kappa shape index (κ1) is 14.3. The summed E-state index contributed by atoms with van der Waals surface area (Å²) in [6.45, 7) is 4.37. The van der Waals surface area contributed by atoms with Gasteiger partial charge in [0.1, 0.15) is 0 Å². The lowest BCUT2D eigenvalue weighted by Gasteiger charge is -2.40.